The molecule has 0 aliphatic carbocycles. The summed E-state index contributed by atoms with van der Waals surface area (Å²) in [5.74, 6) is -0.0738. The lowest BCUT2D eigenvalue weighted by Gasteiger charge is -2.40. The Morgan fingerprint density at radius 1 is 0.882 bits per heavy atom. The molecule has 0 aromatic heterocycles. The molecular weight excluding hydrogens is 642 g/mol. The second-order valence-corrected chi connectivity index (χ2v) is 12.8. The zero-order chi connectivity index (χ0) is 37.8. The van der Waals surface area contributed by atoms with Gasteiger partial charge in [-0.2, -0.15) is 0 Å². The molecule has 0 fully saturated rings. The average molecular weight is 700 g/mol. The zero-order valence-corrected chi connectivity index (χ0v) is 31.2. The van der Waals surface area contributed by atoms with Gasteiger partial charge in [0.1, 0.15) is 11.8 Å². The van der Waals surface area contributed by atoms with Crippen LogP contribution < -0.4 is 21.7 Å². The van der Waals surface area contributed by atoms with E-state index in [1.54, 1.807) is 31.3 Å². The second kappa shape index (κ2) is 22.0. The number of benzene rings is 3. The number of amides is 3. The minimum atomic E-state index is -0.741. The number of likely N-dealkylation sites (N-methyl/N-ethyl adjacent to an activating group) is 1. The van der Waals surface area contributed by atoms with Gasteiger partial charge in [0.15, 0.2) is 0 Å². The van der Waals surface area contributed by atoms with Crippen LogP contribution in [0.25, 0.3) is 0 Å². The van der Waals surface area contributed by atoms with Crippen LogP contribution in [0, 0.1) is 5.41 Å². The lowest BCUT2D eigenvalue weighted by Crippen LogP contribution is -2.51. The van der Waals surface area contributed by atoms with Gasteiger partial charge in [0, 0.05) is 31.2 Å². The molecule has 3 unspecified atom stereocenters. The highest BCUT2D eigenvalue weighted by Gasteiger charge is 2.42. The van der Waals surface area contributed by atoms with Crippen molar-refractivity contribution in [1.29, 1.82) is 5.41 Å². The molecular formula is C40H57N7O4. The number of hydrogen-bond acceptors (Lipinski definition) is 7. The van der Waals surface area contributed by atoms with Gasteiger partial charge in [-0.05, 0) is 97.1 Å². The SMILES string of the molecule is C/C=C(\OC(=O)N(C)CC(C)NC(=O)C(CCCNC)NC(=O)c1ccccc1)C(CC(C)N(C)C)(c1ccccc1)c1ccccc1.N=CN. The molecule has 0 radical (unpaired) electrons. The first-order chi connectivity index (χ1) is 24.4. The predicted molar refractivity (Wildman–Crippen MR) is 206 cm³/mol. The third kappa shape index (κ3) is 12.7. The van der Waals surface area contributed by atoms with Crippen LogP contribution in [-0.4, -0.2) is 93.5 Å². The fourth-order valence-corrected chi connectivity index (χ4v) is 5.88. The van der Waals surface area contributed by atoms with Crippen molar-refractivity contribution in [1.82, 2.24) is 25.8 Å². The summed E-state index contributed by atoms with van der Waals surface area (Å²) < 4.78 is 6.29. The monoisotopic (exact) mass is 699 g/mol. The number of allylic oxidation sites excluding steroid dienone is 2. The maximum absolute atomic E-state index is 13.7. The van der Waals surface area contributed by atoms with E-state index in [1.807, 2.05) is 69.4 Å². The van der Waals surface area contributed by atoms with Crippen LogP contribution in [0.15, 0.2) is 103 Å². The van der Waals surface area contributed by atoms with Crippen molar-refractivity contribution in [3.8, 4) is 0 Å². The second-order valence-electron chi connectivity index (χ2n) is 12.8. The summed E-state index contributed by atoms with van der Waals surface area (Å²) in [5, 5.41) is 14.8. The summed E-state index contributed by atoms with van der Waals surface area (Å²) in [5.41, 5.74) is 6.18. The number of nitrogens with zero attached hydrogens (tertiary/aromatic N) is 2. The molecule has 11 heteroatoms. The van der Waals surface area contributed by atoms with Crippen LogP contribution in [0.4, 0.5) is 4.79 Å². The molecule has 0 saturated carbocycles. The van der Waals surface area contributed by atoms with Crippen LogP contribution in [0.1, 0.15) is 61.5 Å². The van der Waals surface area contributed by atoms with Crippen LogP contribution >= 0.6 is 0 Å². The number of nitrogens with two attached hydrogens (primary N) is 1. The van der Waals surface area contributed by atoms with E-state index in [1.165, 1.54) is 4.90 Å². The third-order valence-corrected chi connectivity index (χ3v) is 8.72. The van der Waals surface area contributed by atoms with Crippen LogP contribution in [-0.2, 0) is 14.9 Å². The Morgan fingerprint density at radius 3 is 1.86 bits per heavy atom. The average Bonchev–Trinajstić information content (AvgIpc) is 3.13. The number of hydrogen-bond donors (Lipinski definition) is 5. The topological polar surface area (TPSA) is 153 Å². The Morgan fingerprint density at radius 2 is 1.39 bits per heavy atom. The Labute approximate surface area is 304 Å². The summed E-state index contributed by atoms with van der Waals surface area (Å²) >= 11 is 0. The van der Waals surface area contributed by atoms with E-state index < -0.39 is 23.6 Å². The van der Waals surface area contributed by atoms with Crippen LogP contribution in [0.5, 0.6) is 0 Å². The van der Waals surface area contributed by atoms with Crippen LogP contribution in [0.3, 0.4) is 0 Å². The molecule has 11 nitrogen and oxygen atoms in total. The van der Waals surface area contributed by atoms with Gasteiger partial charge >= 0.3 is 6.09 Å². The molecule has 6 N–H and O–H groups in total. The first-order valence-electron chi connectivity index (χ1n) is 17.3. The van der Waals surface area contributed by atoms with E-state index in [0.717, 1.165) is 17.5 Å². The van der Waals surface area contributed by atoms with E-state index in [0.29, 0.717) is 37.1 Å². The van der Waals surface area contributed by atoms with Crippen molar-refractivity contribution in [2.45, 2.75) is 63.6 Å². The van der Waals surface area contributed by atoms with E-state index in [9.17, 15) is 14.4 Å². The van der Waals surface area contributed by atoms with Gasteiger partial charge in [-0.3, -0.25) is 15.0 Å². The summed E-state index contributed by atoms with van der Waals surface area (Å²) in [4.78, 5) is 43.7. The highest BCUT2D eigenvalue weighted by molar-refractivity contribution is 5.97. The minimum absolute atomic E-state index is 0.149. The molecule has 3 aromatic rings. The Hall–Kier alpha value is -5.00. The lowest BCUT2D eigenvalue weighted by molar-refractivity contribution is -0.123. The smallest absolute Gasteiger partial charge is 0.414 e. The predicted octanol–water partition coefficient (Wildman–Crippen LogP) is 5.14. The first kappa shape index (κ1) is 42.2. The molecule has 3 atom stereocenters. The maximum atomic E-state index is 13.7. The molecule has 0 aliphatic heterocycles. The van der Waals surface area contributed by atoms with Crippen molar-refractivity contribution in [3.63, 3.8) is 0 Å². The number of ether oxygens (including phenoxy) is 1. The molecule has 0 saturated heterocycles. The van der Waals surface area contributed by atoms with Gasteiger partial charge < -0.3 is 36.2 Å². The molecule has 276 valence electrons. The molecule has 51 heavy (non-hydrogen) atoms. The zero-order valence-electron chi connectivity index (χ0n) is 31.2. The Balaban J connectivity index is 0.00000290. The first-order valence-corrected chi connectivity index (χ1v) is 17.3. The minimum Gasteiger partial charge on any atom is -0.414 e. The van der Waals surface area contributed by atoms with Gasteiger partial charge in [0.05, 0.1) is 11.8 Å². The molecule has 0 spiro atoms. The third-order valence-electron chi connectivity index (χ3n) is 8.72. The van der Waals surface area contributed by atoms with Crippen molar-refractivity contribution < 1.29 is 19.1 Å². The maximum Gasteiger partial charge on any atom is 0.414 e. The Bertz CT molecular complexity index is 1480. The van der Waals surface area contributed by atoms with Crippen LogP contribution in [0.2, 0.25) is 0 Å². The molecule has 0 bridgehead atoms. The van der Waals surface area contributed by atoms with Gasteiger partial charge in [0.2, 0.25) is 5.91 Å². The molecule has 0 heterocycles. The highest BCUT2D eigenvalue weighted by Crippen LogP contribution is 2.44. The molecule has 0 aliphatic rings. The number of carbonyl (C=O) groups excluding carboxylic acids is 3. The normalized spacial score (nSPS) is 13.1. The van der Waals surface area contributed by atoms with Crippen molar-refractivity contribution in [3.05, 3.63) is 120 Å². The summed E-state index contributed by atoms with van der Waals surface area (Å²) in [7, 11) is 7.61. The molecule has 3 aromatic carbocycles. The van der Waals surface area contributed by atoms with Crippen molar-refractivity contribution in [2.75, 3.05) is 41.3 Å². The number of nitrogens with one attached hydrogen (secondary N) is 4. The standard InChI is InChI=1S/C39H53N5O4.CH4N2/c1-8-35(39(27-30(3)43(5)6,32-21-14-10-15-22-32)33-23-16-11-17-24-33)48-38(47)44(7)28-29(2)41-37(46)34(25-18-26-40-4)42-36(45)31-19-12-9-13-20-31;2-1-3/h8-17,19-24,29-30,34,40H,18,25-28H2,1-7H3,(H,41,46)(H,42,45);1H,(H3,2,3)/b35-8-;. The van der Waals surface area contributed by atoms with Gasteiger partial charge in [-0.25, -0.2) is 4.79 Å². The fourth-order valence-electron chi connectivity index (χ4n) is 5.88. The summed E-state index contributed by atoms with van der Waals surface area (Å²) in [6, 6.07) is 28.2. The van der Waals surface area contributed by atoms with E-state index >= 15 is 0 Å². The fraction of sp³-hybridized carbons (Fsp3) is 0.400. The van der Waals surface area contributed by atoms with E-state index in [4.69, 9.17) is 10.1 Å². The number of carbonyl (C=O) groups is 3. The van der Waals surface area contributed by atoms with Gasteiger partial charge in [-0.1, -0.05) is 78.9 Å². The molecule has 3 rings (SSSR count). The van der Waals surface area contributed by atoms with E-state index in [2.05, 4.69) is 71.9 Å². The van der Waals surface area contributed by atoms with Crippen molar-refractivity contribution >= 4 is 24.2 Å². The summed E-state index contributed by atoms with van der Waals surface area (Å²) in [6.07, 6.45) is 3.94. The highest BCUT2D eigenvalue weighted by atomic mass is 16.6. The van der Waals surface area contributed by atoms with Gasteiger partial charge in [0.25, 0.3) is 5.91 Å². The summed E-state index contributed by atoms with van der Waals surface area (Å²) in [6.45, 7) is 6.81. The van der Waals surface area contributed by atoms with E-state index in [-0.39, 0.29) is 24.4 Å². The van der Waals surface area contributed by atoms with Crippen molar-refractivity contribution in [2.24, 2.45) is 5.73 Å². The largest absolute Gasteiger partial charge is 0.414 e. The van der Waals surface area contributed by atoms with Gasteiger partial charge in [-0.15, -0.1) is 0 Å². The molecule has 3 amide bonds. The Kier molecular flexibility index (Phi) is 18.1. The number of rotatable bonds is 17. The quantitative estimate of drug-likeness (QED) is 0.0566. The lowest BCUT2D eigenvalue weighted by atomic mass is 9.68.